The van der Waals surface area contributed by atoms with Gasteiger partial charge >= 0.3 is 125 Å². The Labute approximate surface area is 125 Å². The molecule has 1 nitrogen and oxygen atoms in total. The van der Waals surface area contributed by atoms with Gasteiger partial charge in [-0.2, -0.15) is 0 Å². The van der Waals surface area contributed by atoms with Gasteiger partial charge in [0.2, 0.25) is 0 Å². The van der Waals surface area contributed by atoms with Crippen molar-refractivity contribution < 1.29 is 0 Å². The molecule has 0 saturated carbocycles. The van der Waals surface area contributed by atoms with Gasteiger partial charge in [-0.05, 0) is 0 Å². The Kier molecular flexibility index (Phi) is 4.32. The zero-order valence-corrected chi connectivity index (χ0v) is 13.7. The first kappa shape index (κ1) is 12.9. The summed E-state index contributed by atoms with van der Waals surface area (Å²) in [4.78, 5) is 9.41. The Bertz CT molecular complexity index is 601. The van der Waals surface area contributed by atoms with Crippen LogP contribution in [0, 0.1) is 0 Å². The molecule has 0 bridgehead atoms. The third-order valence-corrected chi connectivity index (χ3v) is 6.45. The number of nitrogens with zero attached hydrogens (tertiary/aromatic N) is 1. The van der Waals surface area contributed by atoms with Crippen molar-refractivity contribution in [3.63, 3.8) is 0 Å². The fourth-order valence-electron chi connectivity index (χ4n) is 1.86. The molecule has 0 fully saturated rings. The summed E-state index contributed by atoms with van der Waals surface area (Å²) >= 11 is 0.907. The van der Waals surface area contributed by atoms with E-state index < -0.39 is 0 Å². The van der Waals surface area contributed by atoms with Crippen LogP contribution in [0.2, 0.25) is 0 Å². The third-order valence-electron chi connectivity index (χ3n) is 2.77. The monoisotopic (exact) mass is 379 g/mol. The molecule has 2 aromatic heterocycles. The Morgan fingerprint density at radius 1 is 0.789 bits per heavy atom. The molecule has 0 atom stereocenters. The maximum atomic E-state index is 4.89. The van der Waals surface area contributed by atoms with Crippen LogP contribution in [0.1, 0.15) is 14.4 Å². The third kappa shape index (κ3) is 3.26. The van der Waals surface area contributed by atoms with Gasteiger partial charge in [0.05, 0.1) is 0 Å². The summed E-state index contributed by atoms with van der Waals surface area (Å²) in [7, 11) is 0. The van der Waals surface area contributed by atoms with Gasteiger partial charge in [0.1, 0.15) is 0 Å². The fraction of sp³-hybridized carbons (Fsp3) is 0.0625. The SMILES string of the molecule is c1ccc(CN=C(c2ccc[se]2)c2ccc[se]2)cc1. The number of rotatable bonds is 4. The number of aliphatic imine (C=N–C) groups is 1. The molecule has 2 heterocycles. The average Bonchev–Trinajstić information content (AvgIpc) is 3.13. The standard InChI is InChI=1S/C16H13NSe2/c1-2-6-13(7-3-1)12-17-16(14-8-4-10-18-14)15-9-5-11-19-15/h1-11H,12H2. The van der Waals surface area contributed by atoms with E-state index in [4.69, 9.17) is 4.99 Å². The Morgan fingerprint density at radius 3 is 1.95 bits per heavy atom. The first-order valence-electron chi connectivity index (χ1n) is 6.09. The summed E-state index contributed by atoms with van der Waals surface area (Å²) < 4.78 is 2.83. The minimum atomic E-state index is 0.453. The van der Waals surface area contributed by atoms with Crippen LogP contribution in [0.15, 0.2) is 69.5 Å². The number of hydrogen-bond acceptors (Lipinski definition) is 1. The van der Waals surface area contributed by atoms with E-state index in [9.17, 15) is 0 Å². The van der Waals surface area contributed by atoms with Crippen LogP contribution in [0.3, 0.4) is 0 Å². The average molecular weight is 377 g/mol. The maximum absolute atomic E-state index is 4.89. The van der Waals surface area contributed by atoms with Crippen LogP contribution in [0.5, 0.6) is 0 Å². The quantitative estimate of drug-likeness (QED) is 0.490. The molecule has 0 N–H and O–H groups in total. The van der Waals surface area contributed by atoms with Gasteiger partial charge in [-0.15, -0.1) is 0 Å². The molecule has 0 saturated heterocycles. The number of benzene rings is 1. The molecule has 19 heavy (non-hydrogen) atoms. The van der Waals surface area contributed by atoms with Gasteiger partial charge in [0.15, 0.2) is 0 Å². The first-order valence-corrected chi connectivity index (χ1v) is 9.79. The van der Waals surface area contributed by atoms with Gasteiger partial charge in [-0.3, -0.25) is 0 Å². The van der Waals surface area contributed by atoms with Crippen LogP contribution in [0.25, 0.3) is 0 Å². The van der Waals surface area contributed by atoms with Crippen LogP contribution < -0.4 is 0 Å². The molecule has 94 valence electrons. The van der Waals surface area contributed by atoms with Crippen LogP contribution in [0.4, 0.5) is 0 Å². The molecule has 0 unspecified atom stereocenters. The van der Waals surface area contributed by atoms with Crippen molar-refractivity contribution in [3.8, 4) is 0 Å². The van der Waals surface area contributed by atoms with Crippen molar-refractivity contribution in [2.45, 2.75) is 6.54 Å². The summed E-state index contributed by atoms with van der Waals surface area (Å²) in [5.74, 6) is 0. The van der Waals surface area contributed by atoms with Crippen molar-refractivity contribution in [2.75, 3.05) is 0 Å². The molecule has 0 spiro atoms. The zero-order valence-electron chi connectivity index (χ0n) is 10.3. The summed E-state index contributed by atoms with van der Waals surface area (Å²) in [5, 5.41) is 0. The molecule has 0 aliphatic heterocycles. The van der Waals surface area contributed by atoms with Crippen molar-refractivity contribution in [2.24, 2.45) is 4.99 Å². The second-order valence-electron chi connectivity index (χ2n) is 4.11. The normalized spacial score (nSPS) is 10.3. The Morgan fingerprint density at radius 2 is 1.42 bits per heavy atom. The minimum absolute atomic E-state index is 0.453. The first-order chi connectivity index (χ1) is 9.43. The van der Waals surface area contributed by atoms with E-state index in [1.807, 2.05) is 6.07 Å². The van der Waals surface area contributed by atoms with Crippen LogP contribution >= 0.6 is 0 Å². The second kappa shape index (κ2) is 6.36. The molecule has 3 aromatic rings. The van der Waals surface area contributed by atoms with Gasteiger partial charge in [-0.25, -0.2) is 0 Å². The summed E-state index contributed by atoms with van der Waals surface area (Å²) in [6.07, 6.45) is 0. The molecular formula is C16H13NSe2. The van der Waals surface area contributed by atoms with Gasteiger partial charge < -0.3 is 0 Å². The topological polar surface area (TPSA) is 12.4 Å². The van der Waals surface area contributed by atoms with Gasteiger partial charge in [0.25, 0.3) is 0 Å². The van der Waals surface area contributed by atoms with Gasteiger partial charge in [-0.1, -0.05) is 0 Å². The van der Waals surface area contributed by atoms with E-state index >= 15 is 0 Å². The van der Waals surface area contributed by atoms with Crippen molar-refractivity contribution in [3.05, 3.63) is 78.9 Å². The molecular weight excluding hydrogens is 364 g/mol. The second-order valence-corrected chi connectivity index (χ2v) is 8.08. The fourth-order valence-corrected chi connectivity index (χ4v) is 5.32. The molecule has 0 amide bonds. The van der Waals surface area contributed by atoms with Crippen molar-refractivity contribution in [1.82, 2.24) is 0 Å². The van der Waals surface area contributed by atoms with E-state index in [1.54, 1.807) is 0 Å². The van der Waals surface area contributed by atoms with Gasteiger partial charge in [0, 0.05) is 0 Å². The Hall–Kier alpha value is -1.11. The zero-order chi connectivity index (χ0) is 12.9. The summed E-state index contributed by atoms with van der Waals surface area (Å²) in [6.45, 7) is 0.775. The number of hydrogen-bond donors (Lipinski definition) is 0. The van der Waals surface area contributed by atoms with Crippen LogP contribution in [-0.2, 0) is 6.54 Å². The molecule has 1 aromatic carbocycles. The molecule has 0 aliphatic carbocycles. The van der Waals surface area contributed by atoms with E-state index in [0.29, 0.717) is 29.0 Å². The molecule has 3 rings (SSSR count). The van der Waals surface area contributed by atoms with Crippen molar-refractivity contribution in [1.29, 1.82) is 0 Å². The van der Waals surface area contributed by atoms with E-state index in [0.717, 1.165) is 6.54 Å². The summed E-state index contributed by atoms with van der Waals surface area (Å²) in [5.41, 5.74) is 2.51. The van der Waals surface area contributed by atoms with Crippen LogP contribution in [-0.4, -0.2) is 34.7 Å². The summed E-state index contributed by atoms with van der Waals surface area (Å²) in [6, 6.07) is 19.2. The van der Waals surface area contributed by atoms with Crippen molar-refractivity contribution >= 4 is 34.7 Å². The van der Waals surface area contributed by atoms with E-state index in [1.165, 1.54) is 20.1 Å². The van der Waals surface area contributed by atoms with E-state index in [-0.39, 0.29) is 0 Å². The predicted octanol–water partition coefficient (Wildman–Crippen LogP) is 2.84. The van der Waals surface area contributed by atoms with E-state index in [2.05, 4.69) is 58.4 Å². The molecule has 3 heteroatoms. The predicted molar refractivity (Wildman–Crippen MR) is 82.5 cm³/mol. The molecule has 0 aliphatic rings. The Balaban J connectivity index is 1.92. The molecule has 0 radical (unpaired) electrons.